The fourth-order valence-corrected chi connectivity index (χ4v) is 1.85. The molecule has 1 N–H and O–H groups in total. The molecule has 5 heteroatoms. The third-order valence-corrected chi connectivity index (χ3v) is 3.12. The van der Waals surface area contributed by atoms with Crippen LogP contribution in [0.25, 0.3) is 6.08 Å². The number of benzene rings is 1. The Balaban J connectivity index is 2.47. The van der Waals surface area contributed by atoms with Crippen molar-refractivity contribution in [1.82, 2.24) is 0 Å². The molecule has 0 aliphatic heterocycles. The molecule has 5 nitrogen and oxygen atoms in total. The summed E-state index contributed by atoms with van der Waals surface area (Å²) in [5.41, 5.74) is 1.87. The van der Waals surface area contributed by atoms with Gasteiger partial charge in [0.1, 0.15) is 5.75 Å². The number of unbranched alkanes of at least 4 members (excludes halogenated alkanes) is 2. The Morgan fingerprint density at radius 3 is 2.68 bits per heavy atom. The van der Waals surface area contributed by atoms with Crippen molar-refractivity contribution in [3.05, 3.63) is 35.4 Å². The van der Waals surface area contributed by atoms with Gasteiger partial charge in [-0.05, 0) is 49.5 Å². The lowest BCUT2D eigenvalue weighted by Crippen LogP contribution is -2.00. The third-order valence-electron chi connectivity index (χ3n) is 3.12. The number of carbonyl (C=O) groups excluding carboxylic acids is 1. The number of methoxy groups -OCH3 is 1. The first-order valence-corrected chi connectivity index (χ1v) is 7.24. The fourth-order valence-electron chi connectivity index (χ4n) is 1.85. The molecule has 0 amide bonds. The Morgan fingerprint density at radius 1 is 1.23 bits per heavy atom. The molecule has 0 atom stereocenters. The molecule has 0 saturated carbocycles. The van der Waals surface area contributed by atoms with Crippen LogP contribution in [0.4, 0.5) is 0 Å². The molecule has 0 saturated heterocycles. The van der Waals surface area contributed by atoms with Crippen LogP contribution < -0.4 is 4.74 Å². The van der Waals surface area contributed by atoms with Crippen LogP contribution in [0.5, 0.6) is 5.75 Å². The number of aliphatic carboxylic acids is 1. The van der Waals surface area contributed by atoms with Gasteiger partial charge in [-0.25, -0.2) is 4.79 Å². The molecular weight excluding hydrogens is 284 g/mol. The fraction of sp³-hybridized carbons (Fsp3) is 0.412. The van der Waals surface area contributed by atoms with Crippen LogP contribution in [-0.4, -0.2) is 30.8 Å². The second kappa shape index (κ2) is 9.60. The van der Waals surface area contributed by atoms with Crippen LogP contribution in [0.3, 0.4) is 0 Å². The number of esters is 1. The highest BCUT2D eigenvalue weighted by Gasteiger charge is 2.02. The Bertz CT molecular complexity index is 534. The minimum Gasteiger partial charge on any atom is -0.493 e. The van der Waals surface area contributed by atoms with Crippen molar-refractivity contribution >= 4 is 18.0 Å². The lowest BCUT2D eigenvalue weighted by Gasteiger charge is -2.09. The van der Waals surface area contributed by atoms with Crippen LogP contribution in [0.1, 0.15) is 36.8 Å². The van der Waals surface area contributed by atoms with E-state index in [4.69, 9.17) is 9.84 Å². The smallest absolute Gasteiger partial charge is 0.330 e. The molecule has 22 heavy (non-hydrogen) atoms. The largest absolute Gasteiger partial charge is 0.493 e. The highest BCUT2D eigenvalue weighted by Crippen LogP contribution is 2.21. The second-order valence-electron chi connectivity index (χ2n) is 4.93. The van der Waals surface area contributed by atoms with Gasteiger partial charge in [-0.15, -0.1) is 0 Å². The van der Waals surface area contributed by atoms with Crippen molar-refractivity contribution in [3.8, 4) is 5.75 Å². The second-order valence-corrected chi connectivity index (χ2v) is 4.93. The highest BCUT2D eigenvalue weighted by molar-refractivity contribution is 5.87. The van der Waals surface area contributed by atoms with Crippen LogP contribution in [-0.2, 0) is 14.3 Å². The van der Waals surface area contributed by atoms with E-state index in [1.807, 2.05) is 25.1 Å². The highest BCUT2D eigenvalue weighted by atomic mass is 16.5. The molecule has 0 bridgehead atoms. The van der Waals surface area contributed by atoms with E-state index in [0.29, 0.717) is 13.0 Å². The summed E-state index contributed by atoms with van der Waals surface area (Å²) in [5.74, 6) is -0.395. The molecule has 1 aromatic carbocycles. The van der Waals surface area contributed by atoms with Crippen molar-refractivity contribution in [1.29, 1.82) is 0 Å². The first-order valence-electron chi connectivity index (χ1n) is 7.24. The number of hydrogen-bond acceptors (Lipinski definition) is 4. The van der Waals surface area contributed by atoms with Gasteiger partial charge >= 0.3 is 11.9 Å². The van der Waals surface area contributed by atoms with E-state index in [-0.39, 0.29) is 6.42 Å². The number of hydrogen-bond donors (Lipinski definition) is 1. The lowest BCUT2D eigenvalue weighted by molar-refractivity contribution is -0.137. The molecule has 0 unspecified atom stereocenters. The molecule has 0 aliphatic carbocycles. The van der Waals surface area contributed by atoms with E-state index in [1.54, 1.807) is 6.08 Å². The standard InChI is InChI=1S/C17H22O5/c1-13-7-8-14(9-10-17(20)21-2)12-15(13)22-11-5-3-4-6-16(18)19/h7-10,12H,3-6,11H2,1-2H3,(H,18,19)/b10-9+. The predicted molar refractivity (Wildman–Crippen MR) is 83.8 cm³/mol. The summed E-state index contributed by atoms with van der Waals surface area (Å²) in [7, 11) is 1.33. The minimum atomic E-state index is -0.762. The first-order chi connectivity index (χ1) is 10.5. The molecule has 0 heterocycles. The zero-order valence-corrected chi connectivity index (χ0v) is 13.0. The monoisotopic (exact) mass is 306 g/mol. The van der Waals surface area contributed by atoms with Crippen molar-refractivity contribution in [3.63, 3.8) is 0 Å². The first kappa shape index (κ1) is 17.8. The van der Waals surface area contributed by atoms with E-state index < -0.39 is 11.9 Å². The van der Waals surface area contributed by atoms with Gasteiger partial charge in [0.2, 0.25) is 0 Å². The van der Waals surface area contributed by atoms with Gasteiger partial charge in [0, 0.05) is 12.5 Å². The van der Waals surface area contributed by atoms with Gasteiger partial charge in [0.15, 0.2) is 0 Å². The molecule has 0 aliphatic rings. The van der Waals surface area contributed by atoms with Crippen LogP contribution in [0.2, 0.25) is 0 Å². The van der Waals surface area contributed by atoms with E-state index >= 15 is 0 Å². The summed E-state index contributed by atoms with van der Waals surface area (Å²) >= 11 is 0. The Kier molecular flexibility index (Phi) is 7.75. The topological polar surface area (TPSA) is 72.8 Å². The number of carbonyl (C=O) groups is 2. The third kappa shape index (κ3) is 6.92. The Morgan fingerprint density at radius 2 is 2.00 bits per heavy atom. The molecule has 1 aromatic rings. The van der Waals surface area contributed by atoms with Gasteiger partial charge in [0.25, 0.3) is 0 Å². The van der Waals surface area contributed by atoms with Crippen molar-refractivity contribution in [2.75, 3.05) is 13.7 Å². The lowest BCUT2D eigenvalue weighted by atomic mass is 10.1. The molecule has 0 aromatic heterocycles. The van der Waals surface area contributed by atoms with Gasteiger partial charge in [-0.2, -0.15) is 0 Å². The maximum absolute atomic E-state index is 11.1. The van der Waals surface area contributed by atoms with Gasteiger partial charge < -0.3 is 14.6 Å². The summed E-state index contributed by atoms with van der Waals surface area (Å²) in [6, 6.07) is 5.69. The van der Waals surface area contributed by atoms with E-state index in [2.05, 4.69) is 4.74 Å². The summed E-state index contributed by atoms with van der Waals surface area (Å²) < 4.78 is 10.3. The van der Waals surface area contributed by atoms with Crippen molar-refractivity contribution in [2.45, 2.75) is 32.6 Å². The van der Waals surface area contributed by atoms with Crippen molar-refractivity contribution in [2.24, 2.45) is 0 Å². The average Bonchev–Trinajstić information content (AvgIpc) is 2.50. The SMILES string of the molecule is COC(=O)/C=C/c1ccc(C)c(OCCCCCC(=O)O)c1. The maximum atomic E-state index is 11.1. The maximum Gasteiger partial charge on any atom is 0.330 e. The van der Waals surface area contributed by atoms with E-state index in [0.717, 1.165) is 29.7 Å². The van der Waals surface area contributed by atoms with Crippen molar-refractivity contribution < 1.29 is 24.2 Å². The summed E-state index contributed by atoms with van der Waals surface area (Å²) in [6.07, 6.45) is 5.54. The summed E-state index contributed by atoms with van der Waals surface area (Å²) in [4.78, 5) is 21.5. The van der Waals surface area contributed by atoms with Crippen LogP contribution in [0, 0.1) is 6.92 Å². The zero-order valence-electron chi connectivity index (χ0n) is 13.0. The van der Waals surface area contributed by atoms with Crippen LogP contribution >= 0.6 is 0 Å². The minimum absolute atomic E-state index is 0.201. The molecule has 0 radical (unpaired) electrons. The molecule has 0 spiro atoms. The normalized spacial score (nSPS) is 10.6. The quantitative estimate of drug-likeness (QED) is 0.431. The zero-order chi connectivity index (χ0) is 16.4. The Labute approximate surface area is 130 Å². The molecule has 120 valence electrons. The van der Waals surface area contributed by atoms with Gasteiger partial charge in [-0.3, -0.25) is 4.79 Å². The van der Waals surface area contributed by atoms with Gasteiger partial charge in [-0.1, -0.05) is 12.1 Å². The summed E-state index contributed by atoms with van der Waals surface area (Å²) in [5, 5.41) is 8.55. The van der Waals surface area contributed by atoms with Gasteiger partial charge in [0.05, 0.1) is 13.7 Å². The molecular formula is C17H22O5. The predicted octanol–water partition coefficient (Wildman–Crippen LogP) is 3.21. The van der Waals surface area contributed by atoms with E-state index in [1.165, 1.54) is 13.2 Å². The number of aryl methyl sites for hydroxylation is 1. The number of carboxylic acids is 1. The Hall–Kier alpha value is -2.30. The molecule has 1 rings (SSSR count). The number of rotatable bonds is 9. The van der Waals surface area contributed by atoms with E-state index in [9.17, 15) is 9.59 Å². The number of carboxylic acid groups (broad SMARTS) is 1. The summed E-state index contributed by atoms with van der Waals surface area (Å²) in [6.45, 7) is 2.50. The number of ether oxygens (including phenoxy) is 2. The van der Waals surface area contributed by atoms with Crippen LogP contribution in [0.15, 0.2) is 24.3 Å². The average molecular weight is 306 g/mol. The molecule has 0 fully saturated rings.